The summed E-state index contributed by atoms with van der Waals surface area (Å²) in [6, 6.07) is 9.36. The van der Waals surface area contributed by atoms with E-state index in [1.54, 1.807) is 16.4 Å². The molecule has 0 spiro atoms. The first kappa shape index (κ1) is 16.5. The van der Waals surface area contributed by atoms with Crippen molar-refractivity contribution in [3.8, 4) is 5.69 Å². The maximum absolute atomic E-state index is 12.8. The molecule has 3 rings (SSSR count). The fraction of sp³-hybridized carbons (Fsp3) is 0.375. The largest absolute Gasteiger partial charge is 0.319 e. The molecular weight excluding hydrogens is 426 g/mol. The SMILES string of the molecule is Cc1c(NC(=O)C2(C)CC2(Br)Br)c(=O)n(-c2ccccc2)n1C. The molecule has 23 heavy (non-hydrogen) atoms. The van der Waals surface area contributed by atoms with Gasteiger partial charge in [0.05, 0.1) is 20.0 Å². The van der Waals surface area contributed by atoms with E-state index in [0.29, 0.717) is 17.8 Å². The van der Waals surface area contributed by atoms with E-state index in [2.05, 4.69) is 37.2 Å². The summed E-state index contributed by atoms with van der Waals surface area (Å²) in [5.41, 5.74) is 0.996. The number of para-hydroxylation sites is 1. The number of halogens is 2. The summed E-state index contributed by atoms with van der Waals surface area (Å²) in [5, 5.41) is 2.81. The Bertz CT molecular complexity index is 839. The molecule has 122 valence electrons. The molecule has 0 aliphatic heterocycles. The van der Waals surface area contributed by atoms with Crippen LogP contribution in [-0.4, -0.2) is 18.5 Å². The molecule has 5 nitrogen and oxygen atoms in total. The van der Waals surface area contributed by atoms with Crippen LogP contribution in [0.5, 0.6) is 0 Å². The third-order valence-corrected chi connectivity index (χ3v) is 6.86. The molecule has 2 aromatic rings. The number of anilines is 1. The monoisotopic (exact) mass is 441 g/mol. The number of nitrogens with one attached hydrogen (secondary N) is 1. The number of benzene rings is 1. The van der Waals surface area contributed by atoms with Gasteiger partial charge < -0.3 is 5.32 Å². The molecule has 0 radical (unpaired) electrons. The van der Waals surface area contributed by atoms with Gasteiger partial charge in [-0.15, -0.1) is 0 Å². The van der Waals surface area contributed by atoms with E-state index in [4.69, 9.17) is 0 Å². The van der Waals surface area contributed by atoms with E-state index >= 15 is 0 Å². The quantitative estimate of drug-likeness (QED) is 0.741. The number of aromatic nitrogens is 2. The van der Waals surface area contributed by atoms with E-state index in [-0.39, 0.29) is 11.5 Å². The van der Waals surface area contributed by atoms with Crippen molar-refractivity contribution in [1.82, 2.24) is 9.36 Å². The maximum atomic E-state index is 12.8. The molecule has 1 aromatic heterocycles. The molecule has 0 bridgehead atoms. The second kappa shape index (κ2) is 5.34. The van der Waals surface area contributed by atoms with Gasteiger partial charge in [-0.25, -0.2) is 4.68 Å². The van der Waals surface area contributed by atoms with Crippen LogP contribution in [-0.2, 0) is 11.8 Å². The van der Waals surface area contributed by atoms with Crippen LogP contribution in [0.2, 0.25) is 0 Å². The second-order valence-corrected chi connectivity index (χ2v) is 9.88. The molecule has 1 aliphatic carbocycles. The Labute approximate surface area is 150 Å². The molecule has 1 saturated carbocycles. The third kappa shape index (κ3) is 2.50. The Balaban J connectivity index is 2.00. The number of rotatable bonds is 3. The van der Waals surface area contributed by atoms with E-state index in [9.17, 15) is 9.59 Å². The van der Waals surface area contributed by atoms with Crippen LogP contribution in [0.1, 0.15) is 19.0 Å². The van der Waals surface area contributed by atoms with Crippen LogP contribution < -0.4 is 10.9 Å². The van der Waals surface area contributed by atoms with E-state index in [1.807, 2.05) is 44.2 Å². The van der Waals surface area contributed by atoms with Crippen LogP contribution in [0, 0.1) is 12.3 Å². The van der Waals surface area contributed by atoms with Crippen LogP contribution in [0.3, 0.4) is 0 Å². The number of hydrogen-bond donors (Lipinski definition) is 1. The van der Waals surface area contributed by atoms with Crippen LogP contribution in [0.15, 0.2) is 35.1 Å². The van der Waals surface area contributed by atoms with Gasteiger partial charge >= 0.3 is 0 Å². The van der Waals surface area contributed by atoms with Gasteiger partial charge in [-0.3, -0.25) is 14.3 Å². The minimum Gasteiger partial charge on any atom is -0.319 e. The van der Waals surface area contributed by atoms with Gasteiger partial charge in [0.2, 0.25) is 5.91 Å². The minimum absolute atomic E-state index is 0.169. The highest BCUT2D eigenvalue weighted by atomic mass is 79.9. The Kier molecular flexibility index (Phi) is 3.84. The molecule has 7 heteroatoms. The topological polar surface area (TPSA) is 56.0 Å². The Morgan fingerprint density at radius 1 is 1.26 bits per heavy atom. The average Bonchev–Trinajstić information content (AvgIpc) is 2.96. The normalized spacial score (nSPS) is 22.0. The highest BCUT2D eigenvalue weighted by molar-refractivity contribution is 9.25. The summed E-state index contributed by atoms with van der Waals surface area (Å²) in [6.45, 7) is 3.68. The zero-order valence-corrected chi connectivity index (χ0v) is 16.2. The lowest BCUT2D eigenvalue weighted by atomic mass is 10.1. The highest BCUT2D eigenvalue weighted by Crippen LogP contribution is 2.66. The predicted octanol–water partition coefficient (Wildman–Crippen LogP) is 3.32. The van der Waals surface area contributed by atoms with Crippen molar-refractivity contribution in [2.24, 2.45) is 12.5 Å². The second-order valence-electron chi connectivity index (χ2n) is 6.10. The molecule has 1 unspecified atom stereocenters. The van der Waals surface area contributed by atoms with Crippen LogP contribution in [0.25, 0.3) is 5.69 Å². The zero-order valence-electron chi connectivity index (χ0n) is 13.1. The smallest absolute Gasteiger partial charge is 0.295 e. The van der Waals surface area contributed by atoms with Crippen molar-refractivity contribution in [2.75, 3.05) is 5.32 Å². The Hall–Kier alpha value is -1.34. The molecule has 1 heterocycles. The molecule has 1 atom stereocenters. The van der Waals surface area contributed by atoms with Gasteiger partial charge in [0, 0.05) is 7.05 Å². The highest BCUT2D eigenvalue weighted by Gasteiger charge is 2.66. The molecule has 1 amide bonds. The lowest BCUT2D eigenvalue weighted by Crippen LogP contribution is -2.29. The van der Waals surface area contributed by atoms with E-state index in [1.165, 1.54) is 0 Å². The first-order valence-corrected chi connectivity index (χ1v) is 8.81. The number of hydrogen-bond acceptors (Lipinski definition) is 2. The first-order valence-electron chi connectivity index (χ1n) is 7.22. The molecule has 1 aromatic carbocycles. The van der Waals surface area contributed by atoms with Crippen LogP contribution >= 0.6 is 31.9 Å². The predicted molar refractivity (Wildman–Crippen MR) is 97.7 cm³/mol. The lowest BCUT2D eigenvalue weighted by Gasteiger charge is -2.12. The summed E-state index contributed by atoms with van der Waals surface area (Å²) in [4.78, 5) is 25.3. The maximum Gasteiger partial charge on any atom is 0.295 e. The molecule has 1 aliphatic rings. The molecule has 0 saturated heterocycles. The third-order valence-electron chi connectivity index (χ3n) is 4.55. The van der Waals surface area contributed by atoms with Crippen molar-refractivity contribution in [2.45, 2.75) is 23.5 Å². The molecule has 1 fully saturated rings. The zero-order chi connectivity index (χ0) is 17.0. The summed E-state index contributed by atoms with van der Waals surface area (Å²) >= 11 is 6.97. The number of alkyl halides is 2. The summed E-state index contributed by atoms with van der Waals surface area (Å²) in [6.07, 6.45) is 0.671. The van der Waals surface area contributed by atoms with E-state index in [0.717, 1.165) is 5.69 Å². The number of amides is 1. The number of carbonyl (C=O) groups excluding carboxylic acids is 1. The van der Waals surface area contributed by atoms with Gasteiger partial charge in [-0.05, 0) is 32.4 Å². The fourth-order valence-electron chi connectivity index (χ4n) is 2.61. The van der Waals surface area contributed by atoms with Gasteiger partial charge in [0.25, 0.3) is 5.56 Å². The van der Waals surface area contributed by atoms with Crippen molar-refractivity contribution in [3.63, 3.8) is 0 Å². The van der Waals surface area contributed by atoms with Crippen LogP contribution in [0.4, 0.5) is 5.69 Å². The lowest BCUT2D eigenvalue weighted by molar-refractivity contribution is -0.120. The van der Waals surface area contributed by atoms with E-state index < -0.39 is 8.65 Å². The Morgan fingerprint density at radius 2 is 1.83 bits per heavy atom. The summed E-state index contributed by atoms with van der Waals surface area (Å²) in [5.74, 6) is -0.169. The van der Waals surface area contributed by atoms with Crippen molar-refractivity contribution in [3.05, 3.63) is 46.4 Å². The molecular formula is C16H17Br2N3O2. The fourth-order valence-corrected chi connectivity index (χ4v) is 4.09. The first-order chi connectivity index (χ1) is 10.7. The van der Waals surface area contributed by atoms with Crippen molar-refractivity contribution in [1.29, 1.82) is 0 Å². The van der Waals surface area contributed by atoms with Gasteiger partial charge in [-0.1, -0.05) is 50.1 Å². The Morgan fingerprint density at radius 3 is 2.35 bits per heavy atom. The van der Waals surface area contributed by atoms with Gasteiger partial charge in [0.1, 0.15) is 5.69 Å². The number of carbonyl (C=O) groups is 1. The summed E-state index contributed by atoms with van der Waals surface area (Å²) < 4.78 is 2.91. The molecule has 1 N–H and O–H groups in total. The van der Waals surface area contributed by atoms with Gasteiger partial charge in [-0.2, -0.15) is 0 Å². The van der Waals surface area contributed by atoms with Gasteiger partial charge in [0.15, 0.2) is 0 Å². The van der Waals surface area contributed by atoms with Crippen molar-refractivity contribution >= 4 is 43.5 Å². The minimum atomic E-state index is -0.570. The summed E-state index contributed by atoms with van der Waals surface area (Å²) in [7, 11) is 1.80. The average molecular weight is 443 g/mol. The number of nitrogens with zero attached hydrogens (tertiary/aromatic N) is 2. The van der Waals surface area contributed by atoms with Crippen molar-refractivity contribution < 1.29 is 4.79 Å². The standard InChI is InChI=1S/C16H17Br2N3O2/c1-10-12(19-14(23)15(2)9-16(15,17)18)13(22)21(20(10)3)11-7-5-4-6-8-11/h4-8H,9H2,1-3H3,(H,19,23).